The van der Waals surface area contributed by atoms with Crippen LogP contribution in [0.2, 0.25) is 0 Å². The van der Waals surface area contributed by atoms with E-state index in [0.717, 1.165) is 44.2 Å². The molecule has 2 heterocycles. The second-order valence-corrected chi connectivity index (χ2v) is 7.66. The van der Waals surface area contributed by atoms with Crippen molar-refractivity contribution in [1.29, 1.82) is 0 Å². The third-order valence-electron chi connectivity index (χ3n) is 5.39. The molecule has 2 saturated heterocycles. The van der Waals surface area contributed by atoms with E-state index in [1.807, 2.05) is 18.2 Å². The second kappa shape index (κ2) is 11.5. The minimum Gasteiger partial charge on any atom is -0.493 e. The first-order valence-corrected chi connectivity index (χ1v) is 10.4. The normalized spacial score (nSPS) is 22.8. The van der Waals surface area contributed by atoms with Crippen molar-refractivity contribution in [2.75, 3.05) is 73.4 Å². The van der Waals surface area contributed by atoms with Crippen LogP contribution < -0.4 is 14.8 Å². The van der Waals surface area contributed by atoms with E-state index in [-0.39, 0.29) is 18.6 Å². The van der Waals surface area contributed by atoms with Crippen LogP contribution in [0.15, 0.2) is 18.2 Å². The van der Waals surface area contributed by atoms with Gasteiger partial charge in [0.2, 0.25) is 5.91 Å². The van der Waals surface area contributed by atoms with Crippen LogP contribution in [0.25, 0.3) is 0 Å². The molecule has 0 aromatic heterocycles. The number of aliphatic hydroxyl groups excluding tert-OH is 1. The van der Waals surface area contributed by atoms with Gasteiger partial charge in [0.15, 0.2) is 11.5 Å². The largest absolute Gasteiger partial charge is 0.493 e. The lowest BCUT2D eigenvalue weighted by molar-refractivity contribution is -0.125. The smallest absolute Gasteiger partial charge is 0.246 e. The lowest BCUT2D eigenvalue weighted by Gasteiger charge is -2.26. The number of carbonyl (C=O) groups is 1. The van der Waals surface area contributed by atoms with Crippen molar-refractivity contribution in [3.05, 3.63) is 23.8 Å². The Balaban J connectivity index is 1.50. The van der Waals surface area contributed by atoms with Gasteiger partial charge in [-0.1, -0.05) is 6.07 Å². The molecule has 9 heteroatoms. The standard InChI is InChI=1S/C21H33N3O6/c1-27-15-21(26)22-17-13-24(14-18(17)25)12-16-3-4-19(20(11-16)28-2)30-10-7-23-5-8-29-9-6-23/h3-4,11,17-18,25H,5-10,12-15H2,1-2H3,(H,22,26)/t17-,18-/m1/s1. The SMILES string of the molecule is COCC(=O)N[C@@H]1CN(Cc2ccc(OCCN3CCOCC3)c(OC)c2)C[C@H]1O. The first-order chi connectivity index (χ1) is 14.6. The Labute approximate surface area is 177 Å². The van der Waals surface area contributed by atoms with Gasteiger partial charge in [0.1, 0.15) is 13.2 Å². The molecule has 2 atom stereocenters. The summed E-state index contributed by atoms with van der Waals surface area (Å²) >= 11 is 0. The molecular formula is C21H33N3O6. The molecule has 0 saturated carbocycles. The van der Waals surface area contributed by atoms with Crippen LogP contribution in [-0.2, 0) is 20.8 Å². The second-order valence-electron chi connectivity index (χ2n) is 7.66. The van der Waals surface area contributed by atoms with Crippen LogP contribution >= 0.6 is 0 Å². The third kappa shape index (κ3) is 6.55. The van der Waals surface area contributed by atoms with Crippen LogP contribution in [0.3, 0.4) is 0 Å². The lowest BCUT2D eigenvalue weighted by atomic mass is 10.2. The molecule has 0 radical (unpaired) electrons. The highest BCUT2D eigenvalue weighted by Crippen LogP contribution is 2.29. The fraction of sp³-hybridized carbons (Fsp3) is 0.667. The molecule has 3 rings (SSSR count). The highest BCUT2D eigenvalue weighted by atomic mass is 16.5. The fourth-order valence-electron chi connectivity index (χ4n) is 3.81. The average Bonchev–Trinajstić information content (AvgIpc) is 3.08. The molecule has 168 valence electrons. The summed E-state index contributed by atoms with van der Waals surface area (Å²) < 4.78 is 21.6. The number of benzene rings is 1. The van der Waals surface area contributed by atoms with Crippen molar-refractivity contribution >= 4 is 5.91 Å². The Bertz CT molecular complexity index is 683. The van der Waals surface area contributed by atoms with Gasteiger partial charge in [-0.05, 0) is 17.7 Å². The maximum Gasteiger partial charge on any atom is 0.246 e. The van der Waals surface area contributed by atoms with E-state index < -0.39 is 6.10 Å². The zero-order valence-electron chi connectivity index (χ0n) is 17.8. The number of amides is 1. The van der Waals surface area contributed by atoms with Gasteiger partial charge in [0.05, 0.1) is 32.5 Å². The number of carbonyl (C=O) groups excluding carboxylic acids is 1. The number of aliphatic hydroxyl groups is 1. The molecule has 2 aliphatic heterocycles. The monoisotopic (exact) mass is 423 g/mol. The Morgan fingerprint density at radius 2 is 2.00 bits per heavy atom. The van der Waals surface area contributed by atoms with Crippen molar-refractivity contribution in [1.82, 2.24) is 15.1 Å². The topological polar surface area (TPSA) is 92.7 Å². The summed E-state index contributed by atoms with van der Waals surface area (Å²) in [5, 5.41) is 13.1. The van der Waals surface area contributed by atoms with E-state index >= 15 is 0 Å². The zero-order chi connectivity index (χ0) is 21.3. The highest BCUT2D eigenvalue weighted by Gasteiger charge is 2.32. The molecule has 1 amide bonds. The quantitative estimate of drug-likeness (QED) is 0.531. The van der Waals surface area contributed by atoms with Crippen molar-refractivity contribution in [2.45, 2.75) is 18.7 Å². The van der Waals surface area contributed by atoms with Gasteiger partial charge in [-0.3, -0.25) is 14.6 Å². The van der Waals surface area contributed by atoms with Crippen molar-refractivity contribution < 1.29 is 28.8 Å². The zero-order valence-corrected chi connectivity index (χ0v) is 17.8. The lowest BCUT2D eigenvalue weighted by Crippen LogP contribution is -2.44. The number of hydrogen-bond donors (Lipinski definition) is 2. The van der Waals surface area contributed by atoms with Crippen molar-refractivity contribution in [3.8, 4) is 11.5 Å². The summed E-state index contributed by atoms with van der Waals surface area (Å²) in [6, 6.07) is 5.61. The highest BCUT2D eigenvalue weighted by molar-refractivity contribution is 5.77. The van der Waals surface area contributed by atoms with Crippen molar-refractivity contribution in [3.63, 3.8) is 0 Å². The maximum absolute atomic E-state index is 11.7. The van der Waals surface area contributed by atoms with E-state index in [0.29, 0.717) is 32.0 Å². The number of rotatable bonds is 10. The van der Waals surface area contributed by atoms with E-state index in [1.165, 1.54) is 7.11 Å². The molecular weight excluding hydrogens is 390 g/mol. The third-order valence-corrected chi connectivity index (χ3v) is 5.39. The first kappa shape index (κ1) is 22.8. The Morgan fingerprint density at radius 3 is 2.73 bits per heavy atom. The molecule has 0 unspecified atom stereocenters. The van der Waals surface area contributed by atoms with Crippen LogP contribution in [0, 0.1) is 0 Å². The van der Waals surface area contributed by atoms with Crippen LogP contribution in [0.4, 0.5) is 0 Å². The number of hydrogen-bond acceptors (Lipinski definition) is 8. The van der Waals surface area contributed by atoms with Gasteiger partial charge in [-0.25, -0.2) is 0 Å². The Hall–Kier alpha value is -1.91. The van der Waals surface area contributed by atoms with E-state index in [4.69, 9.17) is 18.9 Å². The number of methoxy groups -OCH3 is 2. The average molecular weight is 424 g/mol. The van der Waals surface area contributed by atoms with Gasteiger partial charge in [0.25, 0.3) is 0 Å². The predicted octanol–water partition coefficient (Wildman–Crippen LogP) is -0.286. The number of β-amino-alcohol motifs (C(OH)–C–C–N with tert-alkyl or cyclic N) is 1. The summed E-state index contributed by atoms with van der Waals surface area (Å²) in [5.74, 6) is 1.20. The summed E-state index contributed by atoms with van der Waals surface area (Å²) in [5.41, 5.74) is 1.06. The van der Waals surface area contributed by atoms with E-state index in [2.05, 4.69) is 15.1 Å². The summed E-state index contributed by atoms with van der Waals surface area (Å²) in [6.07, 6.45) is -0.601. The summed E-state index contributed by atoms with van der Waals surface area (Å²) in [6.45, 7) is 6.61. The molecule has 2 aliphatic rings. The molecule has 2 N–H and O–H groups in total. The number of morpholine rings is 1. The molecule has 0 aliphatic carbocycles. The van der Waals surface area contributed by atoms with Gasteiger partial charge in [0, 0.05) is 46.4 Å². The number of nitrogens with zero attached hydrogens (tertiary/aromatic N) is 2. The van der Waals surface area contributed by atoms with Crippen LogP contribution in [0.5, 0.6) is 11.5 Å². The summed E-state index contributed by atoms with van der Waals surface area (Å²) in [7, 11) is 3.11. The van der Waals surface area contributed by atoms with Gasteiger partial charge in [-0.15, -0.1) is 0 Å². The van der Waals surface area contributed by atoms with Crippen LogP contribution in [0.1, 0.15) is 5.56 Å². The fourth-order valence-corrected chi connectivity index (χ4v) is 3.81. The van der Waals surface area contributed by atoms with E-state index in [9.17, 15) is 9.90 Å². The molecule has 1 aromatic rings. The van der Waals surface area contributed by atoms with Gasteiger partial charge < -0.3 is 29.4 Å². The Kier molecular flexibility index (Phi) is 8.71. The predicted molar refractivity (Wildman–Crippen MR) is 111 cm³/mol. The molecule has 30 heavy (non-hydrogen) atoms. The van der Waals surface area contributed by atoms with Crippen molar-refractivity contribution in [2.24, 2.45) is 0 Å². The first-order valence-electron chi connectivity index (χ1n) is 10.4. The number of ether oxygens (including phenoxy) is 4. The minimum atomic E-state index is -0.601. The van der Waals surface area contributed by atoms with Gasteiger partial charge in [-0.2, -0.15) is 0 Å². The maximum atomic E-state index is 11.7. The minimum absolute atomic E-state index is 0.00653. The van der Waals surface area contributed by atoms with E-state index in [1.54, 1.807) is 7.11 Å². The molecule has 1 aromatic carbocycles. The molecule has 0 spiro atoms. The number of likely N-dealkylation sites (tertiary alicyclic amines) is 1. The number of nitrogens with one attached hydrogen (secondary N) is 1. The molecule has 0 bridgehead atoms. The molecule has 2 fully saturated rings. The summed E-state index contributed by atoms with van der Waals surface area (Å²) in [4.78, 5) is 16.1. The molecule has 9 nitrogen and oxygen atoms in total. The Morgan fingerprint density at radius 1 is 1.20 bits per heavy atom. The van der Waals surface area contributed by atoms with Crippen LogP contribution in [-0.4, -0.2) is 106 Å². The van der Waals surface area contributed by atoms with Gasteiger partial charge >= 0.3 is 0 Å².